The van der Waals surface area contributed by atoms with Crippen LogP contribution < -0.4 is 5.32 Å². The Morgan fingerprint density at radius 1 is 1.11 bits per heavy atom. The van der Waals surface area contributed by atoms with E-state index in [2.05, 4.69) is 5.32 Å². The van der Waals surface area contributed by atoms with Gasteiger partial charge in [0.25, 0.3) is 0 Å². The van der Waals surface area contributed by atoms with Gasteiger partial charge in [0.1, 0.15) is 17.4 Å². The number of hydrogen-bond donors (Lipinski definition) is 2. The summed E-state index contributed by atoms with van der Waals surface area (Å²) in [4.78, 5) is 0. The first-order chi connectivity index (χ1) is 8.56. The maximum Gasteiger partial charge on any atom is 0.126 e. The van der Waals surface area contributed by atoms with Gasteiger partial charge >= 0.3 is 0 Å². The Labute approximate surface area is 104 Å². The standard InChI is InChI=1S/C14H13F2NO/c1-9-6-12(3-4-13(9)16)17-8-10-7-11(15)2-5-14(10)18/h2-7,17-18H,8H2,1H3. The zero-order chi connectivity index (χ0) is 13.1. The van der Waals surface area contributed by atoms with Crippen LogP contribution in [0.15, 0.2) is 36.4 Å². The molecule has 4 heteroatoms. The van der Waals surface area contributed by atoms with Gasteiger partial charge in [0.2, 0.25) is 0 Å². The Bertz CT molecular complexity index is 570. The molecule has 2 aromatic rings. The zero-order valence-electron chi connectivity index (χ0n) is 9.87. The van der Waals surface area contributed by atoms with Gasteiger partial charge < -0.3 is 10.4 Å². The van der Waals surface area contributed by atoms with E-state index in [9.17, 15) is 13.9 Å². The summed E-state index contributed by atoms with van der Waals surface area (Å²) in [6.45, 7) is 1.94. The number of aromatic hydroxyl groups is 1. The normalized spacial score (nSPS) is 10.4. The maximum absolute atomic E-state index is 13.1. The summed E-state index contributed by atoms with van der Waals surface area (Å²) in [5.74, 6) is -0.642. The lowest BCUT2D eigenvalue weighted by molar-refractivity contribution is 0.466. The Hall–Kier alpha value is -2.10. The molecule has 0 spiro atoms. The van der Waals surface area contributed by atoms with Gasteiger partial charge in [-0.2, -0.15) is 0 Å². The Kier molecular flexibility index (Phi) is 3.46. The molecule has 0 aliphatic rings. The molecule has 2 aromatic carbocycles. The van der Waals surface area contributed by atoms with Gasteiger partial charge in [-0.3, -0.25) is 0 Å². The van der Waals surface area contributed by atoms with Gasteiger partial charge in [-0.15, -0.1) is 0 Å². The second-order valence-electron chi connectivity index (χ2n) is 4.09. The van der Waals surface area contributed by atoms with Crippen LogP contribution in [-0.4, -0.2) is 5.11 Å². The summed E-state index contributed by atoms with van der Waals surface area (Å²) in [6.07, 6.45) is 0. The topological polar surface area (TPSA) is 32.3 Å². The molecule has 94 valence electrons. The monoisotopic (exact) mass is 249 g/mol. The van der Waals surface area contributed by atoms with Crippen LogP contribution in [0.1, 0.15) is 11.1 Å². The predicted molar refractivity (Wildman–Crippen MR) is 66.5 cm³/mol. The molecule has 0 fully saturated rings. The minimum absolute atomic E-state index is 0.0303. The summed E-state index contributed by atoms with van der Waals surface area (Å²) in [6, 6.07) is 8.38. The summed E-state index contributed by atoms with van der Waals surface area (Å²) >= 11 is 0. The fourth-order valence-electron chi connectivity index (χ4n) is 1.65. The van der Waals surface area contributed by atoms with Crippen LogP contribution in [0, 0.1) is 18.6 Å². The number of nitrogens with one attached hydrogen (secondary N) is 1. The van der Waals surface area contributed by atoms with Crippen LogP contribution >= 0.6 is 0 Å². The molecule has 0 saturated heterocycles. The lowest BCUT2D eigenvalue weighted by atomic mass is 10.1. The fraction of sp³-hybridized carbons (Fsp3) is 0.143. The number of anilines is 1. The van der Waals surface area contributed by atoms with E-state index in [0.717, 1.165) is 5.69 Å². The summed E-state index contributed by atoms with van der Waals surface area (Å²) < 4.78 is 26.1. The van der Waals surface area contributed by atoms with Crippen molar-refractivity contribution in [1.29, 1.82) is 0 Å². The number of hydrogen-bond acceptors (Lipinski definition) is 2. The third-order valence-electron chi connectivity index (χ3n) is 2.68. The Morgan fingerprint density at radius 3 is 2.61 bits per heavy atom. The van der Waals surface area contributed by atoms with E-state index in [4.69, 9.17) is 0 Å². The van der Waals surface area contributed by atoms with Gasteiger partial charge in [-0.05, 0) is 48.9 Å². The third kappa shape index (κ3) is 2.77. The predicted octanol–water partition coefficient (Wildman–Crippen LogP) is 3.59. The van der Waals surface area contributed by atoms with Crippen molar-refractivity contribution in [3.05, 3.63) is 59.2 Å². The quantitative estimate of drug-likeness (QED) is 0.871. The first kappa shape index (κ1) is 12.4. The van der Waals surface area contributed by atoms with Crippen LogP contribution in [0.25, 0.3) is 0 Å². The van der Waals surface area contributed by atoms with Crippen LogP contribution in [0.2, 0.25) is 0 Å². The highest BCUT2D eigenvalue weighted by Gasteiger charge is 2.04. The molecule has 0 saturated carbocycles. The van der Waals surface area contributed by atoms with E-state index in [1.165, 1.54) is 24.3 Å². The Balaban J connectivity index is 2.11. The van der Waals surface area contributed by atoms with Gasteiger partial charge in [0.05, 0.1) is 0 Å². The van der Waals surface area contributed by atoms with Gasteiger partial charge in [0, 0.05) is 17.8 Å². The van der Waals surface area contributed by atoms with Crippen molar-refractivity contribution < 1.29 is 13.9 Å². The molecule has 0 aliphatic carbocycles. The average molecular weight is 249 g/mol. The summed E-state index contributed by atoms with van der Waals surface area (Å²) in [5.41, 5.74) is 1.71. The summed E-state index contributed by atoms with van der Waals surface area (Å²) in [5, 5.41) is 12.5. The highest BCUT2D eigenvalue weighted by molar-refractivity contribution is 5.47. The molecule has 2 rings (SSSR count). The van der Waals surface area contributed by atoms with Gasteiger partial charge in [-0.25, -0.2) is 8.78 Å². The highest BCUT2D eigenvalue weighted by Crippen LogP contribution is 2.20. The molecule has 0 radical (unpaired) electrons. The fourth-order valence-corrected chi connectivity index (χ4v) is 1.65. The Morgan fingerprint density at radius 2 is 1.89 bits per heavy atom. The first-order valence-corrected chi connectivity index (χ1v) is 5.53. The number of phenolic OH excluding ortho intramolecular Hbond substituents is 1. The lowest BCUT2D eigenvalue weighted by Gasteiger charge is -2.09. The zero-order valence-corrected chi connectivity index (χ0v) is 9.87. The molecule has 0 aliphatic heterocycles. The van der Waals surface area contributed by atoms with Crippen molar-refractivity contribution in [2.45, 2.75) is 13.5 Å². The van der Waals surface area contributed by atoms with Crippen molar-refractivity contribution in [1.82, 2.24) is 0 Å². The summed E-state index contributed by atoms with van der Waals surface area (Å²) in [7, 11) is 0. The number of phenols is 1. The molecule has 2 nitrogen and oxygen atoms in total. The minimum Gasteiger partial charge on any atom is -0.508 e. The number of rotatable bonds is 3. The minimum atomic E-state index is -0.403. The molecule has 0 atom stereocenters. The van der Waals surface area contributed by atoms with E-state index in [0.29, 0.717) is 11.1 Å². The molecular formula is C14H13F2NO. The molecule has 0 bridgehead atoms. The van der Waals surface area contributed by atoms with Crippen LogP contribution in [0.3, 0.4) is 0 Å². The van der Waals surface area contributed by atoms with Crippen molar-refractivity contribution in [2.24, 2.45) is 0 Å². The lowest BCUT2D eigenvalue weighted by Crippen LogP contribution is -2.01. The van der Waals surface area contributed by atoms with Crippen LogP contribution in [-0.2, 0) is 6.54 Å². The molecule has 0 heterocycles. The van der Waals surface area contributed by atoms with Crippen molar-refractivity contribution in [3.8, 4) is 5.75 Å². The smallest absolute Gasteiger partial charge is 0.126 e. The number of aryl methyl sites for hydroxylation is 1. The van der Waals surface area contributed by atoms with Crippen LogP contribution in [0.5, 0.6) is 5.75 Å². The van der Waals surface area contributed by atoms with E-state index >= 15 is 0 Å². The van der Waals surface area contributed by atoms with E-state index < -0.39 is 5.82 Å². The number of halogens is 2. The van der Waals surface area contributed by atoms with Crippen LogP contribution in [0.4, 0.5) is 14.5 Å². The molecule has 0 amide bonds. The largest absolute Gasteiger partial charge is 0.508 e. The molecule has 18 heavy (non-hydrogen) atoms. The van der Waals surface area contributed by atoms with E-state index in [1.54, 1.807) is 19.1 Å². The second kappa shape index (κ2) is 5.04. The molecular weight excluding hydrogens is 236 g/mol. The van der Waals surface area contributed by atoms with Crippen molar-refractivity contribution in [2.75, 3.05) is 5.32 Å². The van der Waals surface area contributed by atoms with E-state index in [1.807, 2.05) is 0 Å². The number of benzene rings is 2. The van der Waals surface area contributed by atoms with Gasteiger partial charge in [0.15, 0.2) is 0 Å². The molecule has 0 aromatic heterocycles. The average Bonchev–Trinajstić information content (AvgIpc) is 2.34. The maximum atomic E-state index is 13.1. The highest BCUT2D eigenvalue weighted by atomic mass is 19.1. The third-order valence-corrected chi connectivity index (χ3v) is 2.68. The first-order valence-electron chi connectivity index (χ1n) is 5.53. The van der Waals surface area contributed by atoms with Crippen molar-refractivity contribution >= 4 is 5.69 Å². The van der Waals surface area contributed by atoms with Crippen molar-refractivity contribution in [3.63, 3.8) is 0 Å². The molecule has 2 N–H and O–H groups in total. The second-order valence-corrected chi connectivity index (χ2v) is 4.09. The SMILES string of the molecule is Cc1cc(NCc2cc(F)ccc2O)ccc1F. The molecule has 0 unspecified atom stereocenters. The van der Waals surface area contributed by atoms with E-state index in [-0.39, 0.29) is 18.1 Å². The van der Waals surface area contributed by atoms with Gasteiger partial charge in [-0.1, -0.05) is 0 Å².